The molecule has 1 N–H and O–H groups in total. The van der Waals surface area contributed by atoms with Gasteiger partial charge in [-0.05, 0) is 37.8 Å². The summed E-state index contributed by atoms with van der Waals surface area (Å²) in [5.74, 6) is -2.20. The third kappa shape index (κ3) is 3.23. The van der Waals surface area contributed by atoms with E-state index in [1.807, 2.05) is 13.0 Å². The average molecular weight is 555 g/mol. The highest BCUT2D eigenvalue weighted by Crippen LogP contribution is 2.66. The Morgan fingerprint density at radius 2 is 1.98 bits per heavy atom. The van der Waals surface area contributed by atoms with Gasteiger partial charge in [-0.25, -0.2) is 0 Å². The van der Waals surface area contributed by atoms with Gasteiger partial charge in [0.2, 0.25) is 11.9 Å². The smallest absolute Gasteiger partial charge is 0.260 e. The van der Waals surface area contributed by atoms with Crippen LogP contribution in [0.3, 0.4) is 0 Å². The number of hydrogen-bond donors (Lipinski definition) is 1. The first-order valence-electron chi connectivity index (χ1n) is 13.8. The van der Waals surface area contributed by atoms with Gasteiger partial charge in [0.15, 0.2) is 5.78 Å². The summed E-state index contributed by atoms with van der Waals surface area (Å²) in [5.41, 5.74) is 1.36. The van der Waals surface area contributed by atoms with Gasteiger partial charge in [0.05, 0.1) is 50.6 Å². The fourth-order valence-corrected chi connectivity index (χ4v) is 7.22. The molecule has 1 spiro atoms. The van der Waals surface area contributed by atoms with Gasteiger partial charge >= 0.3 is 0 Å². The van der Waals surface area contributed by atoms with E-state index in [4.69, 9.17) is 37.9 Å². The number of methoxy groups -OCH3 is 2. The summed E-state index contributed by atoms with van der Waals surface area (Å²) >= 11 is 0. The zero-order valence-electron chi connectivity index (χ0n) is 23.0. The zero-order chi connectivity index (χ0) is 27.9. The number of phenolic OH excluding ortho intramolecular Hbond substituents is 1. The lowest BCUT2D eigenvalue weighted by Gasteiger charge is -2.57. The number of Topliss-reactive ketones (excluding diaryl/α,β-unsaturated/α-hetero) is 1. The number of fused-ring (bicyclic) bond motifs is 8. The molecule has 7 rings (SSSR count). The summed E-state index contributed by atoms with van der Waals surface area (Å²) in [6.07, 6.45) is 2.90. The summed E-state index contributed by atoms with van der Waals surface area (Å²) in [6.45, 7) is 7.12. The third-order valence-corrected chi connectivity index (χ3v) is 8.98. The van der Waals surface area contributed by atoms with E-state index >= 15 is 0 Å². The summed E-state index contributed by atoms with van der Waals surface area (Å²) in [7, 11) is 3.12. The Balaban J connectivity index is 1.50. The number of hydrogen-bond acceptors (Lipinski definition) is 10. The van der Waals surface area contributed by atoms with Gasteiger partial charge in [0.25, 0.3) is 11.6 Å². The highest BCUT2D eigenvalue weighted by atomic mass is 16.8. The van der Waals surface area contributed by atoms with E-state index in [2.05, 4.69) is 6.58 Å². The van der Waals surface area contributed by atoms with Gasteiger partial charge in [-0.1, -0.05) is 6.08 Å². The normalized spacial score (nSPS) is 32.9. The number of phenols is 1. The zero-order valence-corrected chi connectivity index (χ0v) is 23.0. The van der Waals surface area contributed by atoms with Gasteiger partial charge in [-0.2, -0.15) is 0 Å². The van der Waals surface area contributed by atoms with Crippen LogP contribution < -0.4 is 9.47 Å². The molecule has 5 aliphatic rings. The number of rotatable bonds is 6. The number of aryl methyl sites for hydroxylation is 1. The van der Waals surface area contributed by atoms with Gasteiger partial charge in [-0.3, -0.25) is 4.79 Å². The molecule has 4 aliphatic heterocycles. The number of carbonyl (C=O) groups excluding carboxylic acids is 1. The van der Waals surface area contributed by atoms with Gasteiger partial charge in [0.1, 0.15) is 17.2 Å². The molecule has 2 bridgehead atoms. The van der Waals surface area contributed by atoms with Crippen LogP contribution in [0.5, 0.6) is 17.2 Å². The van der Waals surface area contributed by atoms with Crippen molar-refractivity contribution < 1.29 is 47.8 Å². The topological polar surface area (TPSA) is 114 Å². The fourth-order valence-electron chi connectivity index (χ4n) is 7.22. The lowest BCUT2D eigenvalue weighted by atomic mass is 9.76. The van der Waals surface area contributed by atoms with Gasteiger partial charge < -0.3 is 43.0 Å². The van der Waals surface area contributed by atoms with E-state index in [9.17, 15) is 9.90 Å². The molecule has 10 nitrogen and oxygen atoms in total. The molecular weight excluding hydrogens is 520 g/mol. The number of aromatic hydroxyl groups is 1. The minimum atomic E-state index is -1.50. The van der Waals surface area contributed by atoms with Crippen LogP contribution in [-0.2, 0) is 34.8 Å². The van der Waals surface area contributed by atoms with Gasteiger partial charge in [0, 0.05) is 36.5 Å². The fraction of sp³-hybridized carbons (Fsp3) is 0.567. The Hall–Kier alpha value is -2.73. The first-order valence-corrected chi connectivity index (χ1v) is 13.8. The minimum absolute atomic E-state index is 0.117. The Kier molecular flexibility index (Phi) is 5.98. The maximum atomic E-state index is 13.1. The third-order valence-electron chi connectivity index (χ3n) is 8.98. The van der Waals surface area contributed by atoms with Crippen LogP contribution in [-0.4, -0.2) is 75.0 Å². The van der Waals surface area contributed by atoms with Crippen molar-refractivity contribution in [1.82, 2.24) is 0 Å². The van der Waals surface area contributed by atoms with E-state index in [0.29, 0.717) is 61.2 Å². The standard InChI is InChI=1S/C30H34O10/c1-5-10-37-29-14-20(39-30(34-4,28(29)15-38-28)27-35-11-7-12-36-27)21-16(2)13-18-23(26(21)40-29)24(32)22-17(25(18)33-3)8-6-9-19(22)31/h5,13,20,27,32H,1,6-12,14-15H2,2-4H3/t20?,28-,29+,30?/m0/s1. The second-order valence-corrected chi connectivity index (χ2v) is 11.1. The van der Waals surface area contributed by atoms with E-state index < -0.39 is 29.6 Å². The number of epoxide rings is 1. The first kappa shape index (κ1) is 26.2. The molecule has 1 aliphatic carbocycles. The summed E-state index contributed by atoms with van der Waals surface area (Å²) in [6, 6.07) is 1.95. The molecule has 2 aromatic carbocycles. The van der Waals surface area contributed by atoms with Crippen molar-refractivity contribution in [3.05, 3.63) is 41.0 Å². The number of carbonyl (C=O) groups is 1. The van der Waals surface area contributed by atoms with E-state index in [1.54, 1.807) is 13.2 Å². The second-order valence-electron chi connectivity index (χ2n) is 11.1. The molecule has 2 aromatic rings. The van der Waals surface area contributed by atoms with Crippen molar-refractivity contribution in [1.29, 1.82) is 0 Å². The molecule has 4 heterocycles. The van der Waals surface area contributed by atoms with Crippen molar-refractivity contribution in [2.24, 2.45) is 0 Å². The van der Waals surface area contributed by atoms with Crippen molar-refractivity contribution >= 4 is 16.6 Å². The maximum absolute atomic E-state index is 13.1. The molecule has 2 unspecified atom stereocenters. The lowest BCUT2D eigenvalue weighted by molar-refractivity contribution is -0.449. The van der Waals surface area contributed by atoms with E-state index in [-0.39, 0.29) is 30.3 Å². The highest BCUT2D eigenvalue weighted by Gasteiger charge is 2.84. The molecule has 0 aromatic heterocycles. The summed E-state index contributed by atoms with van der Waals surface area (Å²) in [4.78, 5) is 13.1. The van der Waals surface area contributed by atoms with Crippen LogP contribution in [0.4, 0.5) is 0 Å². The molecule has 3 fully saturated rings. The van der Waals surface area contributed by atoms with E-state index in [0.717, 1.165) is 23.1 Å². The van der Waals surface area contributed by atoms with Crippen LogP contribution in [0.2, 0.25) is 0 Å². The monoisotopic (exact) mass is 554 g/mol. The Bertz CT molecular complexity index is 1410. The van der Waals surface area contributed by atoms with Crippen molar-refractivity contribution in [3.63, 3.8) is 0 Å². The highest BCUT2D eigenvalue weighted by molar-refractivity contribution is 6.11. The number of benzene rings is 2. The predicted molar refractivity (Wildman–Crippen MR) is 141 cm³/mol. The van der Waals surface area contributed by atoms with Crippen LogP contribution >= 0.6 is 0 Å². The summed E-state index contributed by atoms with van der Waals surface area (Å²) < 4.78 is 50.5. The molecule has 10 heteroatoms. The van der Waals surface area contributed by atoms with Crippen LogP contribution in [0.1, 0.15) is 58.8 Å². The molecule has 214 valence electrons. The average Bonchev–Trinajstić information content (AvgIpc) is 3.77. The van der Waals surface area contributed by atoms with Crippen LogP contribution in [0.15, 0.2) is 18.7 Å². The molecule has 4 atom stereocenters. The van der Waals surface area contributed by atoms with Crippen LogP contribution in [0.25, 0.3) is 10.8 Å². The molecule has 40 heavy (non-hydrogen) atoms. The van der Waals surface area contributed by atoms with Gasteiger partial charge in [-0.15, -0.1) is 6.58 Å². The Morgan fingerprint density at radius 1 is 1.20 bits per heavy atom. The molecule has 3 saturated heterocycles. The maximum Gasteiger partial charge on any atom is 0.260 e. The minimum Gasteiger partial charge on any atom is -0.506 e. The van der Waals surface area contributed by atoms with E-state index in [1.165, 1.54) is 7.11 Å². The molecule has 0 saturated carbocycles. The molecular formula is C30H34O10. The van der Waals surface area contributed by atoms with Crippen LogP contribution in [0, 0.1) is 6.92 Å². The van der Waals surface area contributed by atoms with Crippen molar-refractivity contribution in [2.45, 2.75) is 68.6 Å². The second kappa shape index (κ2) is 9.14. The quantitative estimate of drug-likeness (QED) is 0.415. The molecule has 0 amide bonds. The predicted octanol–water partition coefficient (Wildman–Crippen LogP) is 4.01. The first-order chi connectivity index (χ1) is 19.4. The number of ketones is 1. The Labute approximate surface area is 232 Å². The lowest BCUT2D eigenvalue weighted by Crippen LogP contribution is -2.75. The van der Waals surface area contributed by atoms with Crippen molar-refractivity contribution in [2.75, 3.05) is 40.6 Å². The SMILES string of the molecule is C=CCO[C@@]12CC(OC(OC)(C3OCCCO3)[C@]13CO3)c1c(C)cc3c(OC)c4c(c(O)c3c1O2)C(=O)CCC4. The molecule has 0 radical (unpaired) electrons. The largest absolute Gasteiger partial charge is 0.506 e. The Morgan fingerprint density at radius 3 is 2.65 bits per heavy atom. The summed E-state index contributed by atoms with van der Waals surface area (Å²) in [5, 5.41) is 12.7. The van der Waals surface area contributed by atoms with Crippen molar-refractivity contribution in [3.8, 4) is 17.2 Å². The number of ether oxygens (including phenoxy) is 8.